The van der Waals surface area contributed by atoms with Gasteiger partial charge in [-0.2, -0.15) is 0 Å². The van der Waals surface area contributed by atoms with E-state index in [2.05, 4.69) is 0 Å². The predicted molar refractivity (Wildman–Crippen MR) is 116 cm³/mol. The average molecular weight is 405 g/mol. The Morgan fingerprint density at radius 2 is 1.66 bits per heavy atom. The number of ether oxygens (including phenoxy) is 1. The van der Waals surface area contributed by atoms with Gasteiger partial charge in [0.2, 0.25) is 0 Å². The lowest BCUT2D eigenvalue weighted by molar-refractivity contribution is 0.0697. The molecule has 4 rings (SSSR count). The quantitative estimate of drug-likeness (QED) is 0.496. The standard InChI is InChI=1S/C25H21ClO3/c26-20-13-14-24(29-16-17-5-2-1-3-6-17)23(15-20)22-8-4-7-21(22)18-9-11-19(12-10-18)25(27)28/h1-3,5-6,9-15H,4,7-8,16H2,(H,27,28). The summed E-state index contributed by atoms with van der Waals surface area (Å²) >= 11 is 6.32. The maximum atomic E-state index is 11.1. The summed E-state index contributed by atoms with van der Waals surface area (Å²) in [6.07, 6.45) is 2.94. The highest BCUT2D eigenvalue weighted by Crippen LogP contribution is 2.43. The van der Waals surface area contributed by atoms with Gasteiger partial charge in [-0.25, -0.2) is 4.79 Å². The first kappa shape index (κ1) is 19.3. The number of carboxylic acids is 1. The molecule has 1 aliphatic rings. The molecule has 0 amide bonds. The zero-order valence-electron chi connectivity index (χ0n) is 15.9. The Hall–Kier alpha value is -3.04. The number of aromatic carboxylic acids is 1. The SMILES string of the molecule is O=C(O)c1ccc(C2=C(c3cc(Cl)ccc3OCc3ccccc3)CCC2)cc1. The number of benzene rings is 3. The van der Waals surface area contributed by atoms with Crippen LogP contribution in [0.15, 0.2) is 72.8 Å². The predicted octanol–water partition coefficient (Wildman–Crippen LogP) is 6.71. The Kier molecular flexibility index (Phi) is 5.68. The Morgan fingerprint density at radius 1 is 0.931 bits per heavy atom. The minimum atomic E-state index is -0.913. The number of carboxylic acid groups (broad SMARTS) is 1. The second-order valence-electron chi connectivity index (χ2n) is 7.11. The first-order valence-electron chi connectivity index (χ1n) is 9.64. The fraction of sp³-hybridized carbons (Fsp3) is 0.160. The summed E-state index contributed by atoms with van der Waals surface area (Å²) in [5, 5.41) is 9.82. The molecule has 0 aliphatic heterocycles. The van der Waals surface area contributed by atoms with Gasteiger partial charge in [0.05, 0.1) is 5.56 Å². The highest BCUT2D eigenvalue weighted by Gasteiger charge is 2.21. The monoisotopic (exact) mass is 404 g/mol. The van der Waals surface area contributed by atoms with Crippen molar-refractivity contribution in [2.24, 2.45) is 0 Å². The van der Waals surface area contributed by atoms with Crippen LogP contribution < -0.4 is 4.74 Å². The van der Waals surface area contributed by atoms with E-state index in [1.165, 1.54) is 11.1 Å². The fourth-order valence-electron chi connectivity index (χ4n) is 3.77. The molecule has 29 heavy (non-hydrogen) atoms. The van der Waals surface area contributed by atoms with Crippen molar-refractivity contribution in [2.75, 3.05) is 0 Å². The van der Waals surface area contributed by atoms with Gasteiger partial charge in [-0.05, 0) is 71.9 Å². The van der Waals surface area contributed by atoms with E-state index in [0.29, 0.717) is 17.2 Å². The molecule has 0 saturated heterocycles. The van der Waals surface area contributed by atoms with Gasteiger partial charge in [0.25, 0.3) is 0 Å². The molecule has 3 aromatic carbocycles. The minimum Gasteiger partial charge on any atom is -0.488 e. The second-order valence-corrected chi connectivity index (χ2v) is 7.54. The van der Waals surface area contributed by atoms with Crippen molar-refractivity contribution in [3.8, 4) is 5.75 Å². The van der Waals surface area contributed by atoms with Crippen LogP contribution in [0.2, 0.25) is 5.02 Å². The van der Waals surface area contributed by atoms with Crippen LogP contribution >= 0.6 is 11.6 Å². The minimum absolute atomic E-state index is 0.295. The molecule has 0 saturated carbocycles. The van der Waals surface area contributed by atoms with E-state index in [1.54, 1.807) is 12.1 Å². The van der Waals surface area contributed by atoms with Crippen LogP contribution in [-0.2, 0) is 6.61 Å². The third-order valence-electron chi connectivity index (χ3n) is 5.20. The van der Waals surface area contributed by atoms with Crippen molar-refractivity contribution >= 4 is 28.7 Å². The average Bonchev–Trinajstić information content (AvgIpc) is 3.23. The van der Waals surface area contributed by atoms with Crippen molar-refractivity contribution in [3.05, 3.63) is 100 Å². The van der Waals surface area contributed by atoms with Crippen molar-refractivity contribution in [1.29, 1.82) is 0 Å². The molecule has 4 heteroatoms. The number of halogens is 1. The fourth-order valence-corrected chi connectivity index (χ4v) is 3.94. The number of carbonyl (C=O) groups is 1. The summed E-state index contributed by atoms with van der Waals surface area (Å²) in [5.41, 5.74) is 5.92. The molecule has 0 heterocycles. The first-order valence-corrected chi connectivity index (χ1v) is 10.0. The van der Waals surface area contributed by atoms with Gasteiger partial charge in [-0.3, -0.25) is 0 Å². The summed E-state index contributed by atoms with van der Waals surface area (Å²) in [4.78, 5) is 11.1. The topological polar surface area (TPSA) is 46.5 Å². The van der Waals surface area contributed by atoms with Crippen LogP contribution in [-0.4, -0.2) is 11.1 Å². The van der Waals surface area contributed by atoms with Gasteiger partial charge < -0.3 is 9.84 Å². The zero-order valence-corrected chi connectivity index (χ0v) is 16.7. The normalized spacial score (nSPS) is 13.6. The third kappa shape index (κ3) is 4.36. The highest BCUT2D eigenvalue weighted by molar-refractivity contribution is 6.30. The smallest absolute Gasteiger partial charge is 0.335 e. The Bertz CT molecular complexity index is 1050. The molecular weight excluding hydrogens is 384 g/mol. The van der Waals surface area contributed by atoms with Gasteiger partial charge in [-0.15, -0.1) is 0 Å². The number of hydrogen-bond acceptors (Lipinski definition) is 2. The summed E-state index contributed by atoms with van der Waals surface area (Å²) in [7, 11) is 0. The molecule has 0 bridgehead atoms. The van der Waals surface area contributed by atoms with E-state index in [-0.39, 0.29) is 0 Å². The Balaban J connectivity index is 1.69. The van der Waals surface area contributed by atoms with Crippen molar-refractivity contribution in [1.82, 2.24) is 0 Å². The van der Waals surface area contributed by atoms with Gasteiger partial charge in [0.1, 0.15) is 12.4 Å². The van der Waals surface area contributed by atoms with Crippen LogP contribution in [0, 0.1) is 0 Å². The van der Waals surface area contributed by atoms with E-state index >= 15 is 0 Å². The Labute approximate surface area is 175 Å². The van der Waals surface area contributed by atoms with Crippen LogP contribution in [0.4, 0.5) is 0 Å². The van der Waals surface area contributed by atoms with Gasteiger partial charge in [0.15, 0.2) is 0 Å². The van der Waals surface area contributed by atoms with Crippen LogP contribution in [0.25, 0.3) is 11.1 Å². The summed E-state index contributed by atoms with van der Waals surface area (Å²) in [5.74, 6) is -0.0987. The molecule has 3 aromatic rings. The van der Waals surface area contributed by atoms with Crippen LogP contribution in [0.5, 0.6) is 5.75 Å². The number of rotatable bonds is 6. The zero-order chi connectivity index (χ0) is 20.2. The lowest BCUT2D eigenvalue weighted by Gasteiger charge is -2.15. The summed E-state index contributed by atoms with van der Waals surface area (Å²) in [6, 6.07) is 22.9. The largest absolute Gasteiger partial charge is 0.488 e. The van der Waals surface area contributed by atoms with Crippen LogP contribution in [0.3, 0.4) is 0 Å². The maximum Gasteiger partial charge on any atom is 0.335 e. The van der Waals surface area contributed by atoms with Crippen molar-refractivity contribution < 1.29 is 14.6 Å². The second kappa shape index (κ2) is 8.54. The molecule has 0 radical (unpaired) electrons. The molecule has 1 aliphatic carbocycles. The molecule has 0 atom stereocenters. The summed E-state index contributed by atoms with van der Waals surface area (Å²) in [6.45, 7) is 0.491. The number of allylic oxidation sites excluding steroid dienone is 2. The third-order valence-corrected chi connectivity index (χ3v) is 5.44. The van der Waals surface area contributed by atoms with E-state index < -0.39 is 5.97 Å². The molecule has 1 N–H and O–H groups in total. The molecule has 0 fully saturated rings. The molecule has 146 valence electrons. The summed E-state index contributed by atoms with van der Waals surface area (Å²) < 4.78 is 6.15. The van der Waals surface area contributed by atoms with E-state index in [9.17, 15) is 4.79 Å². The molecule has 0 unspecified atom stereocenters. The van der Waals surface area contributed by atoms with E-state index in [1.807, 2.05) is 60.7 Å². The highest BCUT2D eigenvalue weighted by atomic mass is 35.5. The maximum absolute atomic E-state index is 11.1. The molecule has 0 spiro atoms. The van der Waals surface area contributed by atoms with Crippen molar-refractivity contribution in [3.63, 3.8) is 0 Å². The molecular formula is C25H21ClO3. The molecule has 3 nitrogen and oxygen atoms in total. The van der Waals surface area contributed by atoms with E-state index in [4.69, 9.17) is 21.4 Å². The van der Waals surface area contributed by atoms with Gasteiger partial charge in [0, 0.05) is 10.6 Å². The lowest BCUT2D eigenvalue weighted by atomic mass is 9.96. The van der Waals surface area contributed by atoms with Gasteiger partial charge >= 0.3 is 5.97 Å². The van der Waals surface area contributed by atoms with Crippen molar-refractivity contribution in [2.45, 2.75) is 25.9 Å². The number of hydrogen-bond donors (Lipinski definition) is 1. The molecule has 0 aromatic heterocycles. The van der Waals surface area contributed by atoms with Gasteiger partial charge in [-0.1, -0.05) is 54.1 Å². The van der Waals surface area contributed by atoms with Crippen LogP contribution in [0.1, 0.15) is 46.3 Å². The first-order chi connectivity index (χ1) is 14.1. The Morgan fingerprint density at radius 3 is 2.38 bits per heavy atom. The lowest BCUT2D eigenvalue weighted by Crippen LogP contribution is -1.99. The van der Waals surface area contributed by atoms with E-state index in [0.717, 1.165) is 41.7 Å².